The predicted molar refractivity (Wildman–Crippen MR) is 147 cm³/mol. The van der Waals surface area contributed by atoms with Gasteiger partial charge >= 0.3 is 0 Å². The summed E-state index contributed by atoms with van der Waals surface area (Å²) in [5.74, 6) is 0. The molecule has 0 bridgehead atoms. The lowest BCUT2D eigenvalue weighted by Gasteiger charge is -2.37. The van der Waals surface area contributed by atoms with E-state index in [0.717, 1.165) is 23.4 Å². The van der Waals surface area contributed by atoms with Crippen molar-refractivity contribution in [3.63, 3.8) is 0 Å². The zero-order chi connectivity index (χ0) is 24.7. The standard InChI is InChI=1S/C31H39N3/c1-23(11-10-12-24(2)21-26(4)33-29-14-9-8-13-25(29)3)15-16-28-27(5)30(17-18-31(28,6)7)34-20-19-32-22-34/h8-16,19-22,30,33H,4,17-18H2,1-3,5-7H3/b12-10+,16-15+,23-11+,24-21+. The lowest BCUT2D eigenvalue weighted by atomic mass is 9.71. The fourth-order valence-corrected chi connectivity index (χ4v) is 4.61. The third-order valence-electron chi connectivity index (χ3n) is 6.65. The van der Waals surface area contributed by atoms with Gasteiger partial charge in [0, 0.05) is 23.8 Å². The maximum absolute atomic E-state index is 4.25. The number of hydrogen-bond donors (Lipinski definition) is 1. The number of allylic oxidation sites excluding steroid dienone is 10. The Balaban J connectivity index is 1.67. The Morgan fingerprint density at radius 1 is 1.15 bits per heavy atom. The Kier molecular flexibility index (Phi) is 8.33. The molecule has 34 heavy (non-hydrogen) atoms. The molecule has 1 aliphatic rings. The molecule has 0 amide bonds. The minimum Gasteiger partial charge on any atom is -0.356 e. The summed E-state index contributed by atoms with van der Waals surface area (Å²) in [5.41, 5.74) is 8.60. The van der Waals surface area contributed by atoms with E-state index in [1.165, 1.54) is 28.7 Å². The van der Waals surface area contributed by atoms with Crippen molar-refractivity contribution in [1.82, 2.24) is 9.55 Å². The number of para-hydroxylation sites is 1. The highest BCUT2D eigenvalue weighted by Crippen LogP contribution is 2.45. The fraction of sp³-hybridized carbons (Fsp3) is 0.323. The number of aryl methyl sites for hydroxylation is 1. The molecule has 1 unspecified atom stereocenters. The van der Waals surface area contributed by atoms with Crippen LogP contribution in [0.25, 0.3) is 0 Å². The Hall–Kier alpha value is -3.33. The van der Waals surface area contributed by atoms with Crippen LogP contribution in [0, 0.1) is 12.3 Å². The zero-order valence-electron chi connectivity index (χ0n) is 21.6. The largest absolute Gasteiger partial charge is 0.356 e. The second-order valence-electron chi connectivity index (χ2n) is 10.0. The molecule has 1 aliphatic carbocycles. The molecule has 2 aromatic rings. The molecular formula is C31H39N3. The van der Waals surface area contributed by atoms with E-state index < -0.39 is 0 Å². The average molecular weight is 454 g/mol. The Labute approximate surface area is 206 Å². The number of nitrogens with zero attached hydrogens (tertiary/aromatic N) is 2. The van der Waals surface area contributed by atoms with E-state index in [1.807, 2.05) is 24.7 Å². The molecule has 1 aromatic heterocycles. The molecule has 0 radical (unpaired) electrons. The summed E-state index contributed by atoms with van der Waals surface area (Å²) in [6.07, 6.45) is 21.2. The van der Waals surface area contributed by atoms with Gasteiger partial charge < -0.3 is 9.88 Å². The van der Waals surface area contributed by atoms with Crippen LogP contribution in [0.5, 0.6) is 0 Å². The first kappa shape index (κ1) is 25.3. The first-order valence-electron chi connectivity index (χ1n) is 12.1. The average Bonchev–Trinajstić information content (AvgIpc) is 3.29. The van der Waals surface area contributed by atoms with Crippen molar-refractivity contribution >= 4 is 5.69 Å². The number of aromatic nitrogens is 2. The number of benzene rings is 1. The summed E-state index contributed by atoms with van der Waals surface area (Å²) in [6.45, 7) is 17.5. The van der Waals surface area contributed by atoms with E-state index in [-0.39, 0.29) is 5.41 Å². The fourth-order valence-electron chi connectivity index (χ4n) is 4.61. The molecule has 0 spiro atoms. The van der Waals surface area contributed by atoms with Gasteiger partial charge in [0.15, 0.2) is 0 Å². The molecule has 1 aromatic carbocycles. The van der Waals surface area contributed by atoms with Crippen LogP contribution in [0.3, 0.4) is 0 Å². The molecule has 1 heterocycles. The van der Waals surface area contributed by atoms with Gasteiger partial charge in [-0.05, 0) is 80.4 Å². The number of rotatable bonds is 8. The number of hydrogen-bond acceptors (Lipinski definition) is 2. The zero-order valence-corrected chi connectivity index (χ0v) is 21.6. The van der Waals surface area contributed by atoms with Crippen LogP contribution in [-0.2, 0) is 0 Å². The smallest absolute Gasteiger partial charge is 0.0951 e. The highest BCUT2D eigenvalue weighted by atomic mass is 15.1. The second-order valence-corrected chi connectivity index (χ2v) is 10.0. The topological polar surface area (TPSA) is 29.9 Å². The van der Waals surface area contributed by atoms with Crippen molar-refractivity contribution in [3.05, 3.63) is 120 Å². The van der Waals surface area contributed by atoms with Crippen LogP contribution >= 0.6 is 0 Å². The molecule has 0 saturated heterocycles. The molecule has 3 rings (SSSR count). The van der Waals surface area contributed by atoms with Gasteiger partial charge in [0.05, 0.1) is 12.4 Å². The molecule has 178 valence electrons. The molecule has 3 heteroatoms. The van der Waals surface area contributed by atoms with Crippen LogP contribution in [0.4, 0.5) is 5.69 Å². The van der Waals surface area contributed by atoms with Gasteiger partial charge in [-0.15, -0.1) is 0 Å². The lowest BCUT2D eigenvalue weighted by molar-refractivity contribution is 0.327. The van der Waals surface area contributed by atoms with E-state index >= 15 is 0 Å². The molecule has 3 nitrogen and oxygen atoms in total. The maximum Gasteiger partial charge on any atom is 0.0951 e. The van der Waals surface area contributed by atoms with E-state index in [0.29, 0.717) is 6.04 Å². The third kappa shape index (κ3) is 6.60. The summed E-state index contributed by atoms with van der Waals surface area (Å²) in [6, 6.07) is 8.64. The molecule has 0 saturated carbocycles. The highest BCUT2D eigenvalue weighted by molar-refractivity contribution is 5.56. The van der Waals surface area contributed by atoms with E-state index in [2.05, 4.69) is 118 Å². The van der Waals surface area contributed by atoms with Crippen LogP contribution in [0.15, 0.2) is 114 Å². The van der Waals surface area contributed by atoms with Crippen molar-refractivity contribution in [1.29, 1.82) is 0 Å². The Bertz CT molecular complexity index is 1150. The third-order valence-corrected chi connectivity index (χ3v) is 6.65. The van der Waals surface area contributed by atoms with Gasteiger partial charge in [0.2, 0.25) is 0 Å². The lowest BCUT2D eigenvalue weighted by Crippen LogP contribution is -2.25. The van der Waals surface area contributed by atoms with Gasteiger partial charge in [-0.1, -0.05) is 74.6 Å². The summed E-state index contributed by atoms with van der Waals surface area (Å²) in [4.78, 5) is 4.25. The maximum atomic E-state index is 4.25. The summed E-state index contributed by atoms with van der Waals surface area (Å²) >= 11 is 0. The van der Waals surface area contributed by atoms with Gasteiger partial charge in [0.25, 0.3) is 0 Å². The van der Waals surface area contributed by atoms with Crippen LogP contribution < -0.4 is 5.32 Å². The molecule has 1 atom stereocenters. The molecule has 1 N–H and O–H groups in total. The van der Waals surface area contributed by atoms with E-state index in [4.69, 9.17) is 0 Å². The van der Waals surface area contributed by atoms with Gasteiger partial charge in [-0.3, -0.25) is 0 Å². The van der Waals surface area contributed by atoms with Gasteiger partial charge in [-0.25, -0.2) is 4.98 Å². The highest BCUT2D eigenvalue weighted by Gasteiger charge is 2.32. The Morgan fingerprint density at radius 3 is 2.62 bits per heavy atom. The van der Waals surface area contributed by atoms with Crippen molar-refractivity contribution in [2.45, 2.75) is 60.4 Å². The predicted octanol–water partition coefficient (Wildman–Crippen LogP) is 8.50. The molecular weight excluding hydrogens is 414 g/mol. The van der Waals surface area contributed by atoms with Crippen molar-refractivity contribution in [2.75, 3.05) is 5.32 Å². The first-order chi connectivity index (χ1) is 16.2. The second kappa shape index (κ2) is 11.2. The van der Waals surface area contributed by atoms with E-state index in [9.17, 15) is 0 Å². The number of nitrogens with one attached hydrogen (secondary N) is 1. The van der Waals surface area contributed by atoms with Gasteiger partial charge in [-0.2, -0.15) is 0 Å². The monoisotopic (exact) mass is 453 g/mol. The van der Waals surface area contributed by atoms with Crippen LogP contribution in [0.1, 0.15) is 59.1 Å². The number of anilines is 1. The van der Waals surface area contributed by atoms with Crippen molar-refractivity contribution in [3.8, 4) is 0 Å². The normalized spacial score (nSPS) is 19.3. The quantitative estimate of drug-likeness (QED) is 0.406. The first-order valence-corrected chi connectivity index (χ1v) is 12.1. The van der Waals surface area contributed by atoms with Crippen LogP contribution in [0.2, 0.25) is 0 Å². The Morgan fingerprint density at radius 2 is 1.91 bits per heavy atom. The summed E-state index contributed by atoms with van der Waals surface area (Å²) < 4.78 is 2.24. The van der Waals surface area contributed by atoms with Crippen LogP contribution in [-0.4, -0.2) is 9.55 Å². The van der Waals surface area contributed by atoms with Crippen molar-refractivity contribution in [2.24, 2.45) is 5.41 Å². The summed E-state index contributed by atoms with van der Waals surface area (Å²) in [7, 11) is 0. The molecule has 0 fully saturated rings. The molecule has 0 aliphatic heterocycles. The minimum atomic E-state index is 0.178. The summed E-state index contributed by atoms with van der Waals surface area (Å²) in [5, 5.41) is 3.38. The van der Waals surface area contributed by atoms with Crippen molar-refractivity contribution < 1.29 is 0 Å². The van der Waals surface area contributed by atoms with Gasteiger partial charge in [0.1, 0.15) is 0 Å². The SMILES string of the molecule is C=C(/C=C(C)/C=C/C=C(C)/C=C/C1=C(C)C(n2ccnc2)CCC1(C)C)Nc1ccccc1C. The number of imidazole rings is 1. The minimum absolute atomic E-state index is 0.178. The van der Waals surface area contributed by atoms with E-state index in [1.54, 1.807) is 0 Å².